The third-order valence-electron chi connectivity index (χ3n) is 7.33. The van der Waals surface area contributed by atoms with E-state index in [9.17, 15) is 28.8 Å². The lowest BCUT2D eigenvalue weighted by Crippen LogP contribution is -2.61. The van der Waals surface area contributed by atoms with E-state index in [1.165, 1.54) is 0 Å². The molecule has 0 aromatic rings. The van der Waals surface area contributed by atoms with E-state index >= 15 is 0 Å². The van der Waals surface area contributed by atoms with Crippen LogP contribution in [-0.4, -0.2) is 115 Å². The topological polar surface area (TPSA) is 213 Å². The highest BCUT2D eigenvalue weighted by molar-refractivity contribution is 5.98. The molecule has 0 amide bonds. The summed E-state index contributed by atoms with van der Waals surface area (Å²) in [6.07, 6.45) is 6.45. The minimum Gasteiger partial charge on any atom is -0.498 e. The summed E-state index contributed by atoms with van der Waals surface area (Å²) in [5, 5.41) is 0. The van der Waals surface area contributed by atoms with Crippen molar-refractivity contribution in [1.82, 2.24) is 0 Å². The molecule has 0 saturated heterocycles. The van der Waals surface area contributed by atoms with Gasteiger partial charge in [-0.25, -0.2) is 0 Å². The number of esters is 6. The van der Waals surface area contributed by atoms with Crippen LogP contribution in [0.1, 0.15) is 0 Å². The Kier molecular flexibility index (Phi) is 23.6. The molecular weight excluding hydrogens is 720 g/mol. The van der Waals surface area contributed by atoms with Crippen LogP contribution < -0.4 is 0 Å². The highest BCUT2D eigenvalue weighted by Crippen LogP contribution is 2.49. The molecular formula is C36H48O18. The predicted octanol–water partition coefficient (Wildman–Crippen LogP) is 1.92. The fourth-order valence-electron chi connectivity index (χ4n) is 5.32. The van der Waals surface area contributed by atoms with Crippen molar-refractivity contribution in [3.05, 3.63) is 77.0 Å². The third-order valence-corrected chi connectivity index (χ3v) is 7.33. The summed E-state index contributed by atoms with van der Waals surface area (Å²) in [6, 6.07) is 0. The zero-order chi connectivity index (χ0) is 40.1. The van der Waals surface area contributed by atoms with Crippen LogP contribution >= 0.6 is 0 Å². The molecule has 0 aromatic heterocycles. The Balaban J connectivity index is 4.12. The van der Waals surface area contributed by atoms with Crippen molar-refractivity contribution in [2.24, 2.45) is 35.5 Å². The molecule has 0 aliphatic heterocycles. The van der Waals surface area contributed by atoms with Gasteiger partial charge in [0, 0.05) is 0 Å². The fraction of sp³-hybridized carbons (Fsp3) is 0.500. The lowest BCUT2D eigenvalue weighted by molar-refractivity contribution is -0.201. The van der Waals surface area contributed by atoms with Gasteiger partial charge < -0.3 is 56.8 Å². The van der Waals surface area contributed by atoms with Gasteiger partial charge in [0.05, 0.1) is 73.1 Å². The maximum atomic E-state index is 14.1. The summed E-state index contributed by atoms with van der Waals surface area (Å²) in [5.41, 5.74) is 0. The number of hydrogen-bond donors (Lipinski definition) is 0. The van der Waals surface area contributed by atoms with Crippen molar-refractivity contribution in [2.45, 2.75) is 0 Å². The largest absolute Gasteiger partial charge is 0.498 e. The zero-order valence-corrected chi connectivity index (χ0v) is 30.0. The molecule has 0 aromatic carbocycles. The highest BCUT2D eigenvalue weighted by atomic mass is 16.6. The van der Waals surface area contributed by atoms with Crippen molar-refractivity contribution in [2.75, 3.05) is 79.3 Å². The van der Waals surface area contributed by atoms with Crippen LogP contribution in [0.25, 0.3) is 0 Å². The summed E-state index contributed by atoms with van der Waals surface area (Å²) in [7, 11) is 0. The number of rotatable bonds is 30. The van der Waals surface area contributed by atoms with E-state index in [1.54, 1.807) is 0 Å². The first-order valence-corrected chi connectivity index (χ1v) is 16.5. The number of hydrogen-bond acceptors (Lipinski definition) is 18. The Labute approximate surface area is 313 Å². The third kappa shape index (κ3) is 15.3. The van der Waals surface area contributed by atoms with Crippen LogP contribution in [0.3, 0.4) is 0 Å². The molecule has 0 unspecified atom stereocenters. The van der Waals surface area contributed by atoms with Crippen molar-refractivity contribution in [3.63, 3.8) is 0 Å². The van der Waals surface area contributed by atoms with Crippen molar-refractivity contribution in [1.29, 1.82) is 0 Å². The average Bonchev–Trinajstić information content (AvgIpc) is 3.17. The van der Waals surface area contributed by atoms with E-state index in [2.05, 4.69) is 39.5 Å². The van der Waals surface area contributed by atoms with Crippen molar-refractivity contribution >= 4 is 35.8 Å². The molecule has 1 aliphatic carbocycles. The molecule has 300 valence electrons. The number of carbonyl (C=O) groups excluding carboxylic acids is 6. The second-order valence-corrected chi connectivity index (χ2v) is 10.4. The molecule has 0 heterocycles. The summed E-state index contributed by atoms with van der Waals surface area (Å²) in [5.74, 6) is -19.9. The number of ether oxygens (including phenoxy) is 12. The minimum absolute atomic E-state index is 0.213. The van der Waals surface area contributed by atoms with Crippen LogP contribution in [0.2, 0.25) is 0 Å². The fourth-order valence-corrected chi connectivity index (χ4v) is 5.32. The van der Waals surface area contributed by atoms with Crippen LogP contribution in [0, 0.1) is 35.5 Å². The van der Waals surface area contributed by atoms with Crippen LogP contribution in [-0.2, 0) is 85.6 Å². The minimum atomic E-state index is -2.05. The standard InChI is InChI=1S/C36H48O18/c1-7-43-13-19-49-31(37)25-26(32(38)50-20-14-44-8-2)28(34(40)52-22-16-46-10-4)30(36(42)54-24-18-48-12-6)29(35(41)53-23-17-47-11-5)27(25)33(39)51-21-15-45-9-3/h7-12,25-30H,1-6,13-24H2. The zero-order valence-electron chi connectivity index (χ0n) is 30.0. The van der Waals surface area contributed by atoms with Gasteiger partial charge >= 0.3 is 35.8 Å². The quantitative estimate of drug-likeness (QED) is 0.0442. The molecule has 54 heavy (non-hydrogen) atoms. The van der Waals surface area contributed by atoms with Gasteiger partial charge in [-0.2, -0.15) is 0 Å². The lowest BCUT2D eigenvalue weighted by atomic mass is 9.56. The van der Waals surface area contributed by atoms with E-state index in [4.69, 9.17) is 56.8 Å². The Hall–Kier alpha value is -5.94. The van der Waals surface area contributed by atoms with E-state index in [0.717, 1.165) is 37.6 Å². The Morgan fingerprint density at radius 1 is 0.278 bits per heavy atom. The van der Waals surface area contributed by atoms with Gasteiger partial charge in [0.15, 0.2) is 0 Å². The van der Waals surface area contributed by atoms with E-state index < -0.39 is 111 Å². The van der Waals surface area contributed by atoms with Crippen molar-refractivity contribution < 1.29 is 85.6 Å². The highest BCUT2D eigenvalue weighted by Gasteiger charge is 2.66. The monoisotopic (exact) mass is 768 g/mol. The maximum Gasteiger partial charge on any atom is 0.310 e. The molecule has 0 radical (unpaired) electrons. The predicted molar refractivity (Wildman–Crippen MR) is 184 cm³/mol. The van der Waals surface area contributed by atoms with Crippen molar-refractivity contribution in [3.8, 4) is 0 Å². The summed E-state index contributed by atoms with van der Waals surface area (Å²) in [6.45, 7) is 16.5. The van der Waals surface area contributed by atoms with Gasteiger partial charge in [0.1, 0.15) is 79.3 Å². The number of carbonyl (C=O) groups is 6. The first-order chi connectivity index (χ1) is 26.2. The van der Waals surface area contributed by atoms with Gasteiger partial charge in [-0.3, -0.25) is 28.8 Å². The van der Waals surface area contributed by atoms with E-state index in [-0.39, 0.29) is 39.6 Å². The average molecular weight is 769 g/mol. The first kappa shape index (κ1) is 46.1. The second kappa shape index (κ2) is 27.7. The van der Waals surface area contributed by atoms with E-state index in [0.29, 0.717) is 0 Å². The van der Waals surface area contributed by atoms with Gasteiger partial charge in [-0.1, -0.05) is 39.5 Å². The summed E-state index contributed by atoms with van der Waals surface area (Å²) in [4.78, 5) is 84.6. The maximum absolute atomic E-state index is 14.1. The Morgan fingerprint density at radius 2 is 0.407 bits per heavy atom. The molecule has 0 atom stereocenters. The molecule has 0 bridgehead atoms. The van der Waals surface area contributed by atoms with E-state index in [1.807, 2.05) is 0 Å². The van der Waals surface area contributed by atoms with Gasteiger partial charge in [0.25, 0.3) is 0 Å². The van der Waals surface area contributed by atoms with Gasteiger partial charge in [0.2, 0.25) is 0 Å². The normalized spacial score (nSPS) is 19.8. The molecule has 18 heteroatoms. The first-order valence-electron chi connectivity index (χ1n) is 16.5. The SMILES string of the molecule is C=COCCOC(=O)C1C(C(=O)OCCOC=C)C(C(=O)OCCOC=C)C(C(=O)OCCOC=C)C(C(=O)OCCOC=C)C1C(=O)OCCOC=C. The second-order valence-electron chi connectivity index (χ2n) is 10.4. The van der Waals surface area contributed by atoms with Gasteiger partial charge in [-0.05, 0) is 0 Å². The smallest absolute Gasteiger partial charge is 0.310 e. The van der Waals surface area contributed by atoms with Crippen LogP contribution in [0.5, 0.6) is 0 Å². The summed E-state index contributed by atoms with van der Waals surface area (Å²) < 4.78 is 62.4. The molecule has 1 rings (SSSR count). The molecule has 1 fully saturated rings. The lowest BCUT2D eigenvalue weighted by Gasteiger charge is -2.45. The molecule has 18 nitrogen and oxygen atoms in total. The summed E-state index contributed by atoms with van der Waals surface area (Å²) >= 11 is 0. The Bertz CT molecular complexity index is 1020. The molecule has 0 N–H and O–H groups in total. The van der Waals surface area contributed by atoms with Crippen LogP contribution in [0.4, 0.5) is 0 Å². The molecule has 0 spiro atoms. The Morgan fingerprint density at radius 3 is 0.519 bits per heavy atom. The van der Waals surface area contributed by atoms with Gasteiger partial charge in [-0.15, -0.1) is 0 Å². The van der Waals surface area contributed by atoms with Crippen LogP contribution in [0.15, 0.2) is 77.0 Å². The molecule has 1 saturated carbocycles. The molecule has 1 aliphatic rings.